The molecule has 0 spiro atoms. The molecule has 1 saturated heterocycles. The van der Waals surface area contributed by atoms with Crippen molar-refractivity contribution in [2.45, 2.75) is 25.5 Å². The van der Waals surface area contributed by atoms with Crippen molar-refractivity contribution >= 4 is 11.7 Å². The summed E-state index contributed by atoms with van der Waals surface area (Å²) >= 11 is 0. The van der Waals surface area contributed by atoms with Crippen LogP contribution in [0.1, 0.15) is 28.8 Å². The first kappa shape index (κ1) is 20.9. The molecule has 2 aromatic carbocycles. The molecular weight excluding hydrogens is 390 g/mol. The number of aromatic nitrogens is 1. The average molecular weight is 418 g/mol. The number of rotatable bonds is 7. The highest BCUT2D eigenvalue weighted by Crippen LogP contribution is 2.25. The smallest absolute Gasteiger partial charge is 0.357 e. The number of hydrogen-bond donors (Lipinski definition) is 0. The summed E-state index contributed by atoms with van der Waals surface area (Å²) in [6.45, 7) is 2.25. The van der Waals surface area contributed by atoms with Gasteiger partial charge in [-0.1, -0.05) is 48.5 Å². The van der Waals surface area contributed by atoms with Gasteiger partial charge in [0.15, 0.2) is 0 Å². The molecule has 0 bridgehead atoms. The maximum atomic E-state index is 12.3. The molecule has 1 aliphatic heterocycles. The molecule has 0 atom stereocenters. The number of anilines is 1. The van der Waals surface area contributed by atoms with E-state index in [9.17, 15) is 4.79 Å². The quantitative estimate of drug-likeness (QED) is 0.533. The molecular formula is C25H27N3O3. The highest BCUT2D eigenvalue weighted by molar-refractivity contribution is 5.89. The minimum Gasteiger partial charge on any atom is -0.473 e. The van der Waals surface area contributed by atoms with Crippen LogP contribution < -0.4 is 9.64 Å². The lowest BCUT2D eigenvalue weighted by Crippen LogP contribution is -2.44. The summed E-state index contributed by atoms with van der Waals surface area (Å²) in [5.41, 5.74) is 2.77. The van der Waals surface area contributed by atoms with Crippen molar-refractivity contribution in [2.24, 2.45) is 0 Å². The number of piperidine rings is 1. The van der Waals surface area contributed by atoms with E-state index in [-0.39, 0.29) is 12.0 Å². The third kappa shape index (κ3) is 5.61. The van der Waals surface area contributed by atoms with E-state index in [1.807, 2.05) is 67.7 Å². The Bertz CT molecular complexity index is 974. The molecule has 0 aliphatic carbocycles. The van der Waals surface area contributed by atoms with Crippen molar-refractivity contribution in [3.63, 3.8) is 0 Å². The lowest BCUT2D eigenvalue weighted by atomic mass is 10.0. The SMILES string of the molecule is CN(OC(=O)c1ccccc1)C1CCN(c2ccnc(OCc3ccccc3)c2)CC1. The zero-order chi connectivity index (χ0) is 21.5. The van der Waals surface area contributed by atoms with Gasteiger partial charge >= 0.3 is 5.97 Å². The van der Waals surface area contributed by atoms with Gasteiger partial charge in [0.25, 0.3) is 0 Å². The van der Waals surface area contributed by atoms with Crippen LogP contribution in [0.2, 0.25) is 0 Å². The number of nitrogens with zero attached hydrogens (tertiary/aromatic N) is 3. The third-order valence-corrected chi connectivity index (χ3v) is 5.53. The van der Waals surface area contributed by atoms with Gasteiger partial charge in [-0.2, -0.15) is 0 Å². The summed E-state index contributed by atoms with van der Waals surface area (Å²) < 4.78 is 5.87. The first-order valence-electron chi connectivity index (χ1n) is 10.6. The maximum absolute atomic E-state index is 12.3. The van der Waals surface area contributed by atoms with E-state index in [1.54, 1.807) is 23.4 Å². The highest BCUT2D eigenvalue weighted by atomic mass is 16.7. The Hall–Kier alpha value is -3.38. The average Bonchev–Trinajstić information content (AvgIpc) is 2.84. The lowest BCUT2D eigenvalue weighted by molar-refractivity contribution is -0.123. The summed E-state index contributed by atoms with van der Waals surface area (Å²) in [7, 11) is 1.84. The van der Waals surface area contributed by atoms with E-state index in [2.05, 4.69) is 9.88 Å². The van der Waals surface area contributed by atoms with Crippen LogP contribution in [0.25, 0.3) is 0 Å². The molecule has 31 heavy (non-hydrogen) atoms. The van der Waals surface area contributed by atoms with E-state index < -0.39 is 0 Å². The second-order valence-electron chi connectivity index (χ2n) is 7.64. The molecule has 4 rings (SSSR count). The number of carbonyl (C=O) groups excluding carboxylic acids is 1. The molecule has 0 unspecified atom stereocenters. The second kappa shape index (κ2) is 10.1. The third-order valence-electron chi connectivity index (χ3n) is 5.53. The molecule has 0 radical (unpaired) electrons. The molecule has 0 N–H and O–H groups in total. The van der Waals surface area contributed by atoms with Gasteiger partial charge in [-0.05, 0) is 36.6 Å². The fourth-order valence-electron chi connectivity index (χ4n) is 3.73. The van der Waals surface area contributed by atoms with Crippen molar-refractivity contribution in [1.82, 2.24) is 10.0 Å². The van der Waals surface area contributed by atoms with Gasteiger partial charge in [-0.25, -0.2) is 9.78 Å². The minimum atomic E-state index is -0.320. The number of hydrogen-bond acceptors (Lipinski definition) is 6. The largest absolute Gasteiger partial charge is 0.473 e. The monoisotopic (exact) mass is 417 g/mol. The van der Waals surface area contributed by atoms with Gasteiger partial charge in [0.2, 0.25) is 5.88 Å². The van der Waals surface area contributed by atoms with Gasteiger partial charge in [-0.15, -0.1) is 5.06 Å². The molecule has 2 heterocycles. The molecule has 1 aliphatic rings. The minimum absolute atomic E-state index is 0.194. The standard InChI is InChI=1S/C25H27N3O3/c1-27(31-25(29)21-10-6-3-7-11-21)22-13-16-28(17-14-22)23-12-15-26-24(18-23)30-19-20-8-4-2-5-9-20/h2-12,15,18,22H,13-14,16-17,19H2,1H3. The zero-order valence-electron chi connectivity index (χ0n) is 17.7. The number of pyridine rings is 1. The van der Waals surface area contributed by atoms with Gasteiger partial charge in [0.1, 0.15) is 6.61 Å². The predicted octanol–water partition coefficient (Wildman–Crippen LogP) is 4.33. The molecule has 3 aromatic rings. The van der Waals surface area contributed by atoms with Crippen LogP contribution in [0.4, 0.5) is 5.69 Å². The van der Waals surface area contributed by atoms with E-state index in [4.69, 9.17) is 9.57 Å². The van der Waals surface area contributed by atoms with Gasteiger partial charge in [0.05, 0.1) is 5.56 Å². The van der Waals surface area contributed by atoms with Crippen molar-refractivity contribution < 1.29 is 14.4 Å². The van der Waals surface area contributed by atoms with E-state index >= 15 is 0 Å². The van der Waals surface area contributed by atoms with Crippen LogP contribution in [-0.2, 0) is 11.4 Å². The fraction of sp³-hybridized carbons (Fsp3) is 0.280. The van der Waals surface area contributed by atoms with Crippen molar-refractivity contribution in [3.8, 4) is 5.88 Å². The molecule has 1 aromatic heterocycles. The Kier molecular flexibility index (Phi) is 6.79. The molecule has 160 valence electrons. The number of benzene rings is 2. The predicted molar refractivity (Wildman–Crippen MR) is 120 cm³/mol. The summed E-state index contributed by atoms with van der Waals surface area (Å²) in [5.74, 6) is 0.303. The van der Waals surface area contributed by atoms with Crippen molar-refractivity contribution in [1.29, 1.82) is 0 Å². The number of hydroxylamine groups is 2. The Morgan fingerprint density at radius 3 is 2.42 bits per heavy atom. The number of ether oxygens (including phenoxy) is 1. The lowest BCUT2D eigenvalue weighted by Gasteiger charge is -2.36. The van der Waals surface area contributed by atoms with E-state index in [0.717, 1.165) is 37.2 Å². The van der Waals surface area contributed by atoms with E-state index in [1.165, 1.54) is 0 Å². The maximum Gasteiger partial charge on any atom is 0.357 e. The van der Waals surface area contributed by atoms with Gasteiger partial charge in [0, 0.05) is 44.1 Å². The van der Waals surface area contributed by atoms with Crippen LogP contribution >= 0.6 is 0 Å². The first-order valence-corrected chi connectivity index (χ1v) is 10.6. The number of carbonyl (C=O) groups is 1. The van der Waals surface area contributed by atoms with Gasteiger partial charge < -0.3 is 14.5 Å². The highest BCUT2D eigenvalue weighted by Gasteiger charge is 2.25. The molecule has 6 heteroatoms. The van der Waals surface area contributed by atoms with Crippen LogP contribution in [0.5, 0.6) is 5.88 Å². The van der Waals surface area contributed by atoms with Crippen LogP contribution in [-0.4, -0.2) is 42.2 Å². The summed E-state index contributed by atoms with van der Waals surface area (Å²) in [5, 5.41) is 1.70. The normalized spacial score (nSPS) is 14.5. The topological polar surface area (TPSA) is 54.9 Å². The summed E-state index contributed by atoms with van der Waals surface area (Å²) in [6.07, 6.45) is 3.59. The first-order chi connectivity index (χ1) is 15.2. The Morgan fingerprint density at radius 2 is 1.71 bits per heavy atom. The van der Waals surface area contributed by atoms with Gasteiger partial charge in [-0.3, -0.25) is 0 Å². The van der Waals surface area contributed by atoms with Crippen LogP contribution in [0, 0.1) is 0 Å². The Morgan fingerprint density at radius 1 is 1.03 bits per heavy atom. The Labute approximate surface area is 183 Å². The van der Waals surface area contributed by atoms with Crippen molar-refractivity contribution in [2.75, 3.05) is 25.0 Å². The van der Waals surface area contributed by atoms with Crippen LogP contribution in [0.15, 0.2) is 79.0 Å². The molecule has 0 saturated carbocycles. The summed E-state index contributed by atoms with van der Waals surface area (Å²) in [4.78, 5) is 24.5. The van der Waals surface area contributed by atoms with Crippen LogP contribution in [0.3, 0.4) is 0 Å². The van der Waals surface area contributed by atoms with E-state index in [0.29, 0.717) is 18.1 Å². The second-order valence-corrected chi connectivity index (χ2v) is 7.64. The molecule has 6 nitrogen and oxygen atoms in total. The summed E-state index contributed by atoms with van der Waals surface area (Å²) in [6, 6.07) is 23.3. The molecule has 0 amide bonds. The Balaban J connectivity index is 1.29. The zero-order valence-corrected chi connectivity index (χ0v) is 17.7. The molecule has 1 fully saturated rings. The fourth-order valence-corrected chi connectivity index (χ4v) is 3.73. The van der Waals surface area contributed by atoms with Crippen molar-refractivity contribution in [3.05, 3.63) is 90.1 Å².